The monoisotopic (exact) mass is 334 g/mol. The van der Waals surface area contributed by atoms with Gasteiger partial charge >= 0.3 is 6.03 Å². The van der Waals surface area contributed by atoms with Gasteiger partial charge in [-0.1, -0.05) is 17.7 Å². The molecular formula is C16H19ClN4O2. The quantitative estimate of drug-likeness (QED) is 0.797. The highest BCUT2D eigenvalue weighted by atomic mass is 35.5. The zero-order valence-electron chi connectivity index (χ0n) is 13.0. The Morgan fingerprint density at radius 3 is 2.78 bits per heavy atom. The lowest BCUT2D eigenvalue weighted by Crippen LogP contribution is -2.32. The normalized spacial score (nSPS) is 10.0. The summed E-state index contributed by atoms with van der Waals surface area (Å²) >= 11 is 5.86. The Labute approximate surface area is 140 Å². The number of anilines is 2. The van der Waals surface area contributed by atoms with Gasteiger partial charge in [0.25, 0.3) is 0 Å². The van der Waals surface area contributed by atoms with Gasteiger partial charge in [-0.2, -0.15) is 0 Å². The molecule has 0 saturated carbocycles. The maximum absolute atomic E-state index is 11.8. The van der Waals surface area contributed by atoms with Gasteiger partial charge in [0.1, 0.15) is 18.2 Å². The molecule has 1 aromatic heterocycles. The third-order valence-corrected chi connectivity index (χ3v) is 3.15. The summed E-state index contributed by atoms with van der Waals surface area (Å²) in [4.78, 5) is 17.9. The lowest BCUT2D eigenvalue weighted by atomic mass is 10.3. The number of carbonyl (C=O) groups is 1. The Kier molecular flexibility index (Phi) is 6.05. The largest absolute Gasteiger partial charge is 0.492 e. The van der Waals surface area contributed by atoms with E-state index in [2.05, 4.69) is 15.6 Å². The summed E-state index contributed by atoms with van der Waals surface area (Å²) in [5.74, 6) is 1.49. The maximum atomic E-state index is 11.8. The molecule has 0 unspecified atom stereocenters. The lowest BCUT2D eigenvalue weighted by Gasteiger charge is -2.12. The first-order valence-corrected chi connectivity index (χ1v) is 7.49. The van der Waals surface area contributed by atoms with Crippen LogP contribution in [0.2, 0.25) is 5.02 Å². The zero-order valence-corrected chi connectivity index (χ0v) is 13.8. The molecule has 2 aromatic rings. The molecule has 1 aromatic carbocycles. The Bertz CT molecular complexity index is 647. The van der Waals surface area contributed by atoms with Gasteiger partial charge in [-0.05, 0) is 30.3 Å². The average Bonchev–Trinajstić information content (AvgIpc) is 2.52. The minimum Gasteiger partial charge on any atom is -0.492 e. The van der Waals surface area contributed by atoms with Crippen molar-refractivity contribution in [3.8, 4) is 5.75 Å². The van der Waals surface area contributed by atoms with Crippen molar-refractivity contribution in [3.63, 3.8) is 0 Å². The number of carbonyl (C=O) groups excluding carboxylic acids is 1. The highest BCUT2D eigenvalue weighted by molar-refractivity contribution is 6.30. The Balaban J connectivity index is 1.70. The number of hydrogen-bond acceptors (Lipinski definition) is 4. The molecular weight excluding hydrogens is 316 g/mol. The number of aromatic nitrogens is 1. The first-order chi connectivity index (χ1) is 11.0. The molecule has 0 saturated heterocycles. The second-order valence-electron chi connectivity index (χ2n) is 4.99. The molecule has 0 radical (unpaired) electrons. The van der Waals surface area contributed by atoms with E-state index in [0.717, 1.165) is 5.82 Å². The van der Waals surface area contributed by atoms with Crippen LogP contribution in [-0.2, 0) is 0 Å². The number of pyridine rings is 1. The minimum atomic E-state index is -0.306. The smallest absolute Gasteiger partial charge is 0.319 e. The number of nitrogens with one attached hydrogen (secondary N) is 2. The third-order valence-electron chi connectivity index (χ3n) is 2.92. The fraction of sp³-hybridized carbons (Fsp3) is 0.250. The van der Waals surface area contributed by atoms with Crippen molar-refractivity contribution >= 4 is 29.1 Å². The standard InChI is InChI=1S/C16H19ClN4O2/c1-21(2)15-7-6-13(11-19-15)20-16(22)18-8-9-23-14-5-3-4-12(17)10-14/h3-7,10-11H,8-9H2,1-2H3,(H2,18,20,22). The highest BCUT2D eigenvalue weighted by Crippen LogP contribution is 2.16. The van der Waals surface area contributed by atoms with Crippen LogP contribution in [0.25, 0.3) is 0 Å². The fourth-order valence-electron chi connectivity index (χ4n) is 1.79. The molecule has 122 valence electrons. The van der Waals surface area contributed by atoms with E-state index in [-0.39, 0.29) is 6.03 Å². The Morgan fingerprint density at radius 1 is 1.30 bits per heavy atom. The predicted molar refractivity (Wildman–Crippen MR) is 92.5 cm³/mol. The van der Waals surface area contributed by atoms with Gasteiger partial charge in [0.05, 0.1) is 18.4 Å². The molecule has 0 bridgehead atoms. The van der Waals surface area contributed by atoms with Crippen LogP contribution in [0.4, 0.5) is 16.3 Å². The molecule has 2 amide bonds. The van der Waals surface area contributed by atoms with Crippen LogP contribution in [0.3, 0.4) is 0 Å². The van der Waals surface area contributed by atoms with Crippen LogP contribution in [0, 0.1) is 0 Å². The molecule has 23 heavy (non-hydrogen) atoms. The van der Waals surface area contributed by atoms with Crippen LogP contribution in [0.1, 0.15) is 0 Å². The minimum absolute atomic E-state index is 0.306. The lowest BCUT2D eigenvalue weighted by molar-refractivity contribution is 0.247. The second kappa shape index (κ2) is 8.24. The molecule has 0 fully saturated rings. The van der Waals surface area contributed by atoms with Crippen LogP contribution in [-0.4, -0.2) is 38.3 Å². The van der Waals surface area contributed by atoms with Crippen LogP contribution >= 0.6 is 11.6 Å². The van der Waals surface area contributed by atoms with Crippen LogP contribution in [0.5, 0.6) is 5.75 Å². The number of hydrogen-bond donors (Lipinski definition) is 2. The van der Waals surface area contributed by atoms with Gasteiger partial charge in [0.15, 0.2) is 0 Å². The van der Waals surface area contributed by atoms with E-state index in [1.165, 1.54) is 0 Å². The summed E-state index contributed by atoms with van der Waals surface area (Å²) in [6.45, 7) is 0.729. The molecule has 2 rings (SSSR count). The van der Waals surface area contributed by atoms with Crippen molar-refractivity contribution in [1.82, 2.24) is 10.3 Å². The van der Waals surface area contributed by atoms with E-state index in [1.54, 1.807) is 24.4 Å². The van der Waals surface area contributed by atoms with Crippen LogP contribution in [0.15, 0.2) is 42.6 Å². The fourth-order valence-corrected chi connectivity index (χ4v) is 1.97. The number of ether oxygens (including phenoxy) is 1. The summed E-state index contributed by atoms with van der Waals surface area (Å²) in [5.41, 5.74) is 0.629. The topological polar surface area (TPSA) is 66.5 Å². The van der Waals surface area contributed by atoms with E-state index in [1.807, 2.05) is 37.2 Å². The van der Waals surface area contributed by atoms with E-state index in [0.29, 0.717) is 29.6 Å². The molecule has 2 N–H and O–H groups in total. The zero-order chi connectivity index (χ0) is 16.7. The first kappa shape index (κ1) is 16.9. The third kappa shape index (κ3) is 5.67. The van der Waals surface area contributed by atoms with E-state index in [9.17, 15) is 4.79 Å². The van der Waals surface area contributed by atoms with Crippen molar-refractivity contribution in [2.45, 2.75) is 0 Å². The maximum Gasteiger partial charge on any atom is 0.319 e. The molecule has 0 aliphatic heterocycles. The summed E-state index contributed by atoms with van der Waals surface area (Å²) in [7, 11) is 3.81. The van der Waals surface area contributed by atoms with Crippen molar-refractivity contribution < 1.29 is 9.53 Å². The Hall–Kier alpha value is -2.47. The number of nitrogens with zero attached hydrogens (tertiary/aromatic N) is 2. The van der Waals surface area contributed by atoms with Gasteiger partial charge < -0.3 is 20.3 Å². The number of halogens is 1. The van der Waals surface area contributed by atoms with E-state index < -0.39 is 0 Å². The number of amides is 2. The molecule has 0 spiro atoms. The van der Waals surface area contributed by atoms with Crippen molar-refractivity contribution in [2.24, 2.45) is 0 Å². The highest BCUT2D eigenvalue weighted by Gasteiger charge is 2.03. The molecule has 0 aliphatic carbocycles. The molecule has 0 atom stereocenters. The van der Waals surface area contributed by atoms with Crippen LogP contribution < -0.4 is 20.3 Å². The molecule has 6 nitrogen and oxygen atoms in total. The van der Waals surface area contributed by atoms with Gasteiger partial charge in [-0.25, -0.2) is 9.78 Å². The summed E-state index contributed by atoms with van der Waals surface area (Å²) in [5, 5.41) is 6.03. The van der Waals surface area contributed by atoms with Crippen molar-refractivity contribution in [1.29, 1.82) is 0 Å². The molecule has 0 aliphatic rings. The number of benzene rings is 1. The average molecular weight is 335 g/mol. The summed E-state index contributed by atoms with van der Waals surface area (Å²) < 4.78 is 5.48. The van der Waals surface area contributed by atoms with Gasteiger partial charge in [-0.3, -0.25) is 0 Å². The van der Waals surface area contributed by atoms with Gasteiger partial charge in [0, 0.05) is 19.1 Å². The van der Waals surface area contributed by atoms with Crippen molar-refractivity contribution in [3.05, 3.63) is 47.6 Å². The van der Waals surface area contributed by atoms with Gasteiger partial charge in [0.2, 0.25) is 0 Å². The van der Waals surface area contributed by atoms with E-state index >= 15 is 0 Å². The summed E-state index contributed by atoms with van der Waals surface area (Å²) in [6.07, 6.45) is 1.61. The number of urea groups is 1. The predicted octanol–water partition coefficient (Wildman–Crippen LogP) is 3.00. The summed E-state index contributed by atoms with van der Waals surface area (Å²) in [6, 6.07) is 10.4. The molecule has 7 heteroatoms. The molecule has 1 heterocycles. The number of rotatable bonds is 6. The Morgan fingerprint density at radius 2 is 2.13 bits per heavy atom. The SMILES string of the molecule is CN(C)c1ccc(NC(=O)NCCOc2cccc(Cl)c2)cn1. The van der Waals surface area contributed by atoms with E-state index in [4.69, 9.17) is 16.3 Å². The first-order valence-electron chi connectivity index (χ1n) is 7.11. The van der Waals surface area contributed by atoms with Gasteiger partial charge in [-0.15, -0.1) is 0 Å². The second-order valence-corrected chi connectivity index (χ2v) is 5.42. The van der Waals surface area contributed by atoms with Crippen molar-refractivity contribution in [2.75, 3.05) is 37.5 Å².